The third-order valence-corrected chi connectivity index (χ3v) is 9.11. The van der Waals surface area contributed by atoms with Crippen molar-refractivity contribution in [3.05, 3.63) is 89.8 Å². The maximum absolute atomic E-state index is 5.12. The molecule has 0 aliphatic heterocycles. The molecule has 274 valence electrons. The van der Waals surface area contributed by atoms with E-state index in [-0.39, 0.29) is 16.5 Å². The van der Waals surface area contributed by atoms with E-state index in [0.29, 0.717) is 0 Å². The second-order valence-corrected chi connectivity index (χ2v) is 13.4. The molecule has 0 aromatic heterocycles. The average Bonchev–Trinajstić information content (AvgIpc) is 3.12. The van der Waals surface area contributed by atoms with Crippen molar-refractivity contribution in [2.45, 2.75) is 164 Å². The van der Waals surface area contributed by atoms with Gasteiger partial charge in [-0.1, -0.05) is 142 Å². The first-order chi connectivity index (χ1) is 23.5. The number of aryl methyl sites for hydroxylation is 3. The molecule has 0 aliphatic rings. The molecule has 0 aliphatic carbocycles. The summed E-state index contributed by atoms with van der Waals surface area (Å²) in [6, 6.07) is 22.6. The average molecular weight is 709 g/mol. The van der Waals surface area contributed by atoms with Gasteiger partial charge in [0.15, 0.2) is 0 Å². The summed E-state index contributed by atoms with van der Waals surface area (Å²) >= 11 is 0. The smallest absolute Gasteiger partial charge is 0.0639 e. The van der Waals surface area contributed by atoms with E-state index in [1.807, 2.05) is 6.21 Å². The molecular weight excluding hydrogens is 639 g/mol. The van der Waals surface area contributed by atoms with Crippen LogP contribution in [0.2, 0.25) is 0 Å². The Morgan fingerprint density at radius 3 is 1.86 bits per heavy atom. The molecule has 3 rings (SSSR count). The van der Waals surface area contributed by atoms with Crippen LogP contribution >= 0.6 is 0 Å². The topological polar surface area (TPSA) is 24.7 Å². The molecule has 0 unspecified atom stereocenters. The molecule has 0 fully saturated rings. The Morgan fingerprint density at radius 2 is 1.22 bits per heavy atom. The molecule has 0 radical (unpaired) electrons. The SMILES string of the molecule is CCCCCCCCc1cc(N=CC(CC)=Nc2cc(CC)cc(CCCCCC)c2)cc(-c2ccccc2)c1CCCC.[CH2-]CCC.[Ni]. The van der Waals surface area contributed by atoms with Gasteiger partial charge in [0.25, 0.3) is 0 Å². The largest absolute Gasteiger partial charge is 0.343 e. The van der Waals surface area contributed by atoms with Crippen LogP contribution in [-0.2, 0) is 42.2 Å². The maximum atomic E-state index is 5.12. The van der Waals surface area contributed by atoms with E-state index in [9.17, 15) is 0 Å². The molecule has 0 spiro atoms. The number of hydrogen-bond acceptors (Lipinski definition) is 2. The zero-order valence-electron chi connectivity index (χ0n) is 32.2. The molecule has 0 bridgehead atoms. The van der Waals surface area contributed by atoms with Gasteiger partial charge in [-0.25, -0.2) is 0 Å². The van der Waals surface area contributed by atoms with Gasteiger partial charge >= 0.3 is 0 Å². The van der Waals surface area contributed by atoms with Crippen molar-refractivity contribution in [2.24, 2.45) is 9.98 Å². The van der Waals surface area contributed by atoms with Crippen molar-refractivity contribution in [1.82, 2.24) is 0 Å². The van der Waals surface area contributed by atoms with Crippen LogP contribution in [0.5, 0.6) is 0 Å². The molecule has 2 nitrogen and oxygen atoms in total. The second-order valence-electron chi connectivity index (χ2n) is 13.4. The van der Waals surface area contributed by atoms with Crippen molar-refractivity contribution >= 4 is 23.3 Å². The van der Waals surface area contributed by atoms with E-state index in [4.69, 9.17) is 9.98 Å². The van der Waals surface area contributed by atoms with E-state index in [1.54, 1.807) is 0 Å². The van der Waals surface area contributed by atoms with E-state index < -0.39 is 0 Å². The molecule has 0 atom stereocenters. The number of benzene rings is 3. The van der Waals surface area contributed by atoms with Crippen LogP contribution in [0.15, 0.2) is 70.6 Å². The van der Waals surface area contributed by atoms with Gasteiger partial charge in [0.05, 0.1) is 17.1 Å². The molecule has 0 N–H and O–H groups in total. The summed E-state index contributed by atoms with van der Waals surface area (Å²) in [5.41, 5.74) is 11.6. The summed E-state index contributed by atoms with van der Waals surface area (Å²) < 4.78 is 0. The second kappa shape index (κ2) is 28.2. The molecule has 0 heterocycles. The van der Waals surface area contributed by atoms with E-state index >= 15 is 0 Å². The third-order valence-electron chi connectivity index (χ3n) is 9.11. The number of nitrogens with zero attached hydrogens (tertiary/aromatic N) is 2. The van der Waals surface area contributed by atoms with E-state index in [2.05, 4.69) is 109 Å². The molecule has 0 amide bonds. The van der Waals surface area contributed by atoms with Crippen LogP contribution in [0.1, 0.15) is 160 Å². The molecule has 3 heteroatoms. The van der Waals surface area contributed by atoms with Crippen LogP contribution in [0.25, 0.3) is 11.1 Å². The Bertz CT molecular complexity index is 1320. The third kappa shape index (κ3) is 17.8. The van der Waals surface area contributed by atoms with Gasteiger partial charge in [0, 0.05) is 22.7 Å². The summed E-state index contributed by atoms with van der Waals surface area (Å²) in [5, 5.41) is 0. The first-order valence-corrected chi connectivity index (χ1v) is 19.8. The van der Waals surface area contributed by atoms with Crippen LogP contribution < -0.4 is 0 Å². The fourth-order valence-electron chi connectivity index (χ4n) is 6.06. The number of rotatable bonds is 22. The Balaban J connectivity index is 0.00000227. The predicted octanol–water partition coefficient (Wildman–Crippen LogP) is 14.8. The number of hydrogen-bond donors (Lipinski definition) is 0. The first kappa shape index (κ1) is 44.5. The molecule has 0 saturated heterocycles. The quantitative estimate of drug-likeness (QED) is 0.0430. The van der Waals surface area contributed by atoms with Gasteiger partial charge in [0.2, 0.25) is 0 Å². The van der Waals surface area contributed by atoms with E-state index in [0.717, 1.165) is 55.6 Å². The van der Waals surface area contributed by atoms with Crippen LogP contribution in [0, 0.1) is 6.92 Å². The van der Waals surface area contributed by atoms with Crippen LogP contribution in [-0.4, -0.2) is 11.9 Å². The predicted molar refractivity (Wildman–Crippen MR) is 217 cm³/mol. The van der Waals surface area contributed by atoms with Gasteiger partial charge in [-0.05, 0) is 109 Å². The van der Waals surface area contributed by atoms with Gasteiger partial charge in [0.1, 0.15) is 0 Å². The van der Waals surface area contributed by atoms with Crippen molar-refractivity contribution in [3.8, 4) is 11.1 Å². The Hall–Kier alpha value is -2.51. The molecule has 49 heavy (non-hydrogen) atoms. The fourth-order valence-corrected chi connectivity index (χ4v) is 6.06. The summed E-state index contributed by atoms with van der Waals surface area (Å²) in [7, 11) is 0. The van der Waals surface area contributed by atoms with Gasteiger partial charge < -0.3 is 6.92 Å². The fraction of sp³-hybridized carbons (Fsp3) is 0.543. The minimum Gasteiger partial charge on any atom is -0.343 e. The van der Waals surface area contributed by atoms with Gasteiger partial charge in [-0.2, -0.15) is 6.42 Å². The van der Waals surface area contributed by atoms with Crippen LogP contribution in [0.3, 0.4) is 0 Å². The molecular formula is C46H69N2Ni-. The van der Waals surface area contributed by atoms with Crippen LogP contribution in [0.4, 0.5) is 11.4 Å². The summed E-state index contributed by atoms with van der Waals surface area (Å²) in [5.74, 6) is 0. The Labute approximate surface area is 313 Å². The summed E-state index contributed by atoms with van der Waals surface area (Å²) in [4.78, 5) is 10.2. The molecule has 3 aromatic rings. The Kier molecular flexibility index (Phi) is 25.6. The van der Waals surface area contributed by atoms with Gasteiger partial charge in [-0.3, -0.25) is 9.98 Å². The zero-order chi connectivity index (χ0) is 34.8. The van der Waals surface area contributed by atoms with Crippen molar-refractivity contribution in [3.63, 3.8) is 0 Å². The normalized spacial score (nSPS) is 11.4. The summed E-state index contributed by atoms with van der Waals surface area (Å²) in [6.07, 6.45) is 25.1. The first-order valence-electron chi connectivity index (χ1n) is 19.8. The standard InChI is InChI=1S/C42H60N2.C4H9.Ni/c1-6-11-14-16-17-20-26-37-31-39(32-42(41(37)27-13-8-3)36-24-21-18-22-25-36)43-33-38(10-5)44-40-29-34(9-4)28-35(30-40)23-19-15-12-7-2;1-3-4-2;/h18,21-22,24-25,28-33H,6-17,19-20,23,26-27H2,1-5H3;1,3-4H2,2H3;/q;-1;. The Morgan fingerprint density at radius 1 is 0.612 bits per heavy atom. The molecule has 3 aromatic carbocycles. The zero-order valence-corrected chi connectivity index (χ0v) is 33.2. The van der Waals surface area contributed by atoms with Crippen molar-refractivity contribution < 1.29 is 16.5 Å². The van der Waals surface area contributed by atoms with Gasteiger partial charge in [-0.15, -0.1) is 0 Å². The van der Waals surface area contributed by atoms with Crippen molar-refractivity contribution in [1.29, 1.82) is 0 Å². The maximum Gasteiger partial charge on any atom is 0.0639 e. The summed E-state index contributed by atoms with van der Waals surface area (Å²) in [6.45, 7) is 17.0. The minimum atomic E-state index is 0. The van der Waals surface area contributed by atoms with Crippen molar-refractivity contribution in [2.75, 3.05) is 0 Å². The number of unbranched alkanes of at least 4 members (excludes halogenated alkanes) is 10. The molecule has 0 saturated carbocycles. The minimum absolute atomic E-state index is 0. The van der Waals surface area contributed by atoms with E-state index in [1.165, 1.54) is 117 Å². The monoisotopic (exact) mass is 707 g/mol. The number of aliphatic imine (C=N–C) groups is 2.